The van der Waals surface area contributed by atoms with E-state index in [1.54, 1.807) is 12.1 Å². The summed E-state index contributed by atoms with van der Waals surface area (Å²) >= 11 is 12.5. The maximum Gasteiger partial charge on any atom is 0.222 e. The number of halogens is 2. The number of hydrogen-bond donors (Lipinski definition) is 2. The Morgan fingerprint density at radius 3 is 2.92 bits per heavy atom. The number of nitrogens with two attached hydrogens (primary N) is 1. The zero-order valence-electron chi connectivity index (χ0n) is 13.4. The zero-order valence-corrected chi connectivity index (χ0v) is 14.9. The maximum atomic E-state index is 6.30. The molecular formula is C17H17Cl2N5O. The van der Waals surface area contributed by atoms with Crippen LogP contribution in [0.15, 0.2) is 16.5 Å². The van der Waals surface area contributed by atoms with E-state index in [9.17, 15) is 0 Å². The van der Waals surface area contributed by atoms with Crippen molar-refractivity contribution in [3.63, 3.8) is 0 Å². The summed E-state index contributed by atoms with van der Waals surface area (Å²) in [4.78, 5) is 11.1. The summed E-state index contributed by atoms with van der Waals surface area (Å²) in [6.07, 6.45) is 2.45. The van der Waals surface area contributed by atoms with Crippen molar-refractivity contribution in [2.24, 2.45) is 5.92 Å². The monoisotopic (exact) mass is 377 g/mol. The van der Waals surface area contributed by atoms with Crippen molar-refractivity contribution in [2.45, 2.75) is 18.9 Å². The molecule has 2 fully saturated rings. The van der Waals surface area contributed by atoms with Gasteiger partial charge in [-0.25, -0.2) is 4.98 Å². The fourth-order valence-corrected chi connectivity index (χ4v) is 4.64. The summed E-state index contributed by atoms with van der Waals surface area (Å²) < 4.78 is 6.06. The van der Waals surface area contributed by atoms with Crippen molar-refractivity contribution in [3.05, 3.63) is 22.2 Å². The number of nitrogens with zero attached hydrogens (tertiary/aromatic N) is 3. The SMILES string of the molecule is Nc1nc(N2CC3CCCNC3C2)c2oc3c(Cl)cc(Cl)cc3c2n1. The smallest absolute Gasteiger partial charge is 0.222 e. The minimum atomic E-state index is 0.226. The topological polar surface area (TPSA) is 80.2 Å². The molecule has 0 amide bonds. The Labute approximate surface area is 154 Å². The van der Waals surface area contributed by atoms with Crippen LogP contribution in [0.4, 0.5) is 11.8 Å². The summed E-state index contributed by atoms with van der Waals surface area (Å²) in [5.41, 5.74) is 7.83. The molecule has 6 nitrogen and oxygen atoms in total. The van der Waals surface area contributed by atoms with Gasteiger partial charge in [-0.3, -0.25) is 0 Å². The lowest BCUT2D eigenvalue weighted by Gasteiger charge is -2.24. The van der Waals surface area contributed by atoms with Crippen molar-refractivity contribution in [1.82, 2.24) is 15.3 Å². The average molecular weight is 378 g/mol. The van der Waals surface area contributed by atoms with Crippen LogP contribution in [0, 0.1) is 5.92 Å². The van der Waals surface area contributed by atoms with E-state index < -0.39 is 0 Å². The second kappa shape index (κ2) is 5.62. The number of rotatable bonds is 1. The first kappa shape index (κ1) is 15.5. The minimum Gasteiger partial charge on any atom is -0.449 e. The number of nitrogens with one attached hydrogen (secondary N) is 1. The predicted octanol–water partition coefficient (Wildman–Crippen LogP) is 3.45. The Bertz CT molecular complexity index is 974. The normalized spacial score (nSPS) is 23.5. The molecule has 0 bridgehead atoms. The van der Waals surface area contributed by atoms with Gasteiger partial charge >= 0.3 is 0 Å². The molecule has 130 valence electrons. The van der Waals surface area contributed by atoms with Crippen molar-refractivity contribution in [2.75, 3.05) is 30.3 Å². The van der Waals surface area contributed by atoms with E-state index in [4.69, 9.17) is 33.4 Å². The second-order valence-corrected chi connectivity index (χ2v) is 7.66. The molecule has 0 radical (unpaired) electrons. The predicted molar refractivity (Wildman–Crippen MR) is 100 cm³/mol. The van der Waals surface area contributed by atoms with E-state index in [0.717, 1.165) is 30.8 Å². The van der Waals surface area contributed by atoms with Gasteiger partial charge in [-0.2, -0.15) is 4.98 Å². The van der Waals surface area contributed by atoms with Gasteiger partial charge in [0.1, 0.15) is 5.52 Å². The van der Waals surface area contributed by atoms with Gasteiger partial charge in [0, 0.05) is 24.2 Å². The average Bonchev–Trinajstić information content (AvgIpc) is 3.16. The number of hydrogen-bond acceptors (Lipinski definition) is 6. The maximum absolute atomic E-state index is 6.30. The Morgan fingerprint density at radius 1 is 1.20 bits per heavy atom. The zero-order chi connectivity index (χ0) is 17.1. The fraction of sp³-hybridized carbons (Fsp3) is 0.412. The first-order valence-corrected chi connectivity index (χ1v) is 9.19. The highest BCUT2D eigenvalue weighted by atomic mass is 35.5. The second-order valence-electron chi connectivity index (χ2n) is 6.82. The van der Waals surface area contributed by atoms with Gasteiger partial charge in [0.25, 0.3) is 0 Å². The molecule has 0 aliphatic carbocycles. The summed E-state index contributed by atoms with van der Waals surface area (Å²) in [7, 11) is 0. The molecule has 1 aromatic carbocycles. The van der Waals surface area contributed by atoms with Crippen LogP contribution < -0.4 is 16.0 Å². The van der Waals surface area contributed by atoms with Crippen LogP contribution in [-0.2, 0) is 0 Å². The van der Waals surface area contributed by atoms with E-state index in [0.29, 0.717) is 38.7 Å². The molecule has 8 heteroatoms. The molecule has 3 aromatic rings. The molecule has 2 aliphatic rings. The molecule has 2 aromatic heterocycles. The summed E-state index contributed by atoms with van der Waals surface area (Å²) in [6, 6.07) is 3.96. The van der Waals surface area contributed by atoms with E-state index >= 15 is 0 Å². The number of nitrogen functional groups attached to an aromatic ring is 1. The van der Waals surface area contributed by atoms with Gasteiger partial charge in [-0.15, -0.1) is 0 Å². The van der Waals surface area contributed by atoms with Crippen LogP contribution in [0.1, 0.15) is 12.8 Å². The third kappa shape index (κ3) is 2.43. The summed E-state index contributed by atoms with van der Waals surface area (Å²) in [6.45, 7) is 2.91. The highest BCUT2D eigenvalue weighted by Crippen LogP contribution is 2.39. The molecule has 0 spiro atoms. The van der Waals surface area contributed by atoms with Crippen LogP contribution in [0.5, 0.6) is 0 Å². The van der Waals surface area contributed by atoms with Crippen molar-refractivity contribution in [1.29, 1.82) is 0 Å². The summed E-state index contributed by atoms with van der Waals surface area (Å²) in [5.74, 6) is 1.59. The Morgan fingerprint density at radius 2 is 2.08 bits per heavy atom. The number of piperidine rings is 1. The van der Waals surface area contributed by atoms with Crippen LogP contribution in [0.25, 0.3) is 22.1 Å². The molecule has 2 aliphatic heterocycles. The molecular weight excluding hydrogens is 361 g/mol. The molecule has 2 saturated heterocycles. The molecule has 5 rings (SSSR count). The molecule has 2 unspecified atom stereocenters. The number of furan rings is 1. The van der Waals surface area contributed by atoms with E-state index in [1.165, 1.54) is 12.8 Å². The third-order valence-corrected chi connectivity index (χ3v) is 5.73. The largest absolute Gasteiger partial charge is 0.449 e. The molecule has 2 atom stereocenters. The van der Waals surface area contributed by atoms with E-state index in [1.807, 2.05) is 0 Å². The third-order valence-electron chi connectivity index (χ3n) is 5.23. The van der Waals surface area contributed by atoms with Crippen molar-refractivity contribution >= 4 is 57.0 Å². The lowest BCUT2D eigenvalue weighted by atomic mass is 9.94. The molecule has 0 saturated carbocycles. The Hall–Kier alpha value is -1.76. The van der Waals surface area contributed by atoms with Gasteiger partial charge in [0.2, 0.25) is 5.95 Å². The quantitative estimate of drug-likeness (QED) is 0.675. The lowest BCUT2D eigenvalue weighted by molar-refractivity contribution is 0.340. The molecule has 25 heavy (non-hydrogen) atoms. The number of anilines is 2. The number of aromatic nitrogens is 2. The van der Waals surface area contributed by atoms with Gasteiger partial charge in [0.15, 0.2) is 17.0 Å². The highest BCUT2D eigenvalue weighted by Gasteiger charge is 2.36. The van der Waals surface area contributed by atoms with Crippen molar-refractivity contribution < 1.29 is 4.42 Å². The van der Waals surface area contributed by atoms with E-state index in [2.05, 4.69) is 20.2 Å². The van der Waals surface area contributed by atoms with Gasteiger partial charge in [-0.1, -0.05) is 23.2 Å². The van der Waals surface area contributed by atoms with Crippen LogP contribution in [0.3, 0.4) is 0 Å². The summed E-state index contributed by atoms with van der Waals surface area (Å²) in [5, 5.41) is 5.36. The molecule has 3 N–H and O–H groups in total. The van der Waals surface area contributed by atoms with Gasteiger partial charge in [0.05, 0.1) is 10.4 Å². The lowest BCUT2D eigenvalue weighted by Crippen LogP contribution is -2.40. The standard InChI is InChI=1S/C17H17Cl2N5O/c18-9-4-10-13-15(25-14(10)11(19)5-9)16(23-17(20)22-13)24-6-8-2-1-3-21-12(8)7-24/h4-5,8,12,21H,1-3,6-7H2,(H2,20,22,23). The van der Waals surface area contributed by atoms with Crippen LogP contribution in [0.2, 0.25) is 10.0 Å². The van der Waals surface area contributed by atoms with Crippen LogP contribution in [-0.4, -0.2) is 35.6 Å². The number of fused-ring (bicyclic) bond motifs is 4. The molecule has 4 heterocycles. The van der Waals surface area contributed by atoms with Gasteiger partial charge in [-0.05, 0) is 37.4 Å². The van der Waals surface area contributed by atoms with E-state index in [-0.39, 0.29) is 5.95 Å². The Kier molecular flexibility index (Phi) is 3.48. The Balaban J connectivity index is 1.69. The minimum absolute atomic E-state index is 0.226. The highest BCUT2D eigenvalue weighted by molar-refractivity contribution is 6.39. The van der Waals surface area contributed by atoms with Crippen molar-refractivity contribution in [3.8, 4) is 0 Å². The van der Waals surface area contributed by atoms with Gasteiger partial charge < -0.3 is 20.4 Å². The van der Waals surface area contributed by atoms with Crippen LogP contribution >= 0.6 is 23.2 Å². The first-order valence-electron chi connectivity index (χ1n) is 8.43. The fourth-order valence-electron chi connectivity index (χ4n) is 4.11. The number of benzene rings is 1. The first-order chi connectivity index (χ1) is 12.1.